The Balaban J connectivity index is 0.919. The van der Waals surface area contributed by atoms with Gasteiger partial charge < -0.3 is 4.90 Å². The van der Waals surface area contributed by atoms with Gasteiger partial charge in [0, 0.05) is 22.5 Å². The van der Waals surface area contributed by atoms with Crippen LogP contribution < -0.4 is 4.90 Å². The molecule has 0 bridgehead atoms. The molecule has 11 aromatic carbocycles. The maximum Gasteiger partial charge on any atom is 0.0462 e. The summed E-state index contributed by atoms with van der Waals surface area (Å²) in [6.45, 7) is 2.38. The van der Waals surface area contributed by atoms with Crippen LogP contribution in [0.3, 0.4) is 0 Å². The van der Waals surface area contributed by atoms with Gasteiger partial charge in [-0.05, 0) is 137 Å². The van der Waals surface area contributed by atoms with Crippen LogP contribution in [0.4, 0.5) is 17.1 Å². The highest BCUT2D eigenvalue weighted by Gasteiger charge is 2.41. The molecule has 1 unspecified atom stereocenters. The van der Waals surface area contributed by atoms with Gasteiger partial charge in [-0.2, -0.15) is 0 Å². The Kier molecular flexibility index (Phi) is 9.35. The largest absolute Gasteiger partial charge is 0.311 e. The van der Waals surface area contributed by atoms with Crippen LogP contribution in [0.2, 0.25) is 0 Å². The van der Waals surface area contributed by atoms with E-state index in [4.69, 9.17) is 0 Å². The molecule has 0 saturated heterocycles. The maximum absolute atomic E-state index is 2.38. The SMILES string of the molecule is CC1(c2ccccc2)c2ccccc2-c2c(-c3ccc(N(c4ccc(-c5ccc(-c6cccc7ccccc67)cc5)cc4)c4ccc(-c5cccc6ccccc56)cc4)cc3)cccc21. The molecule has 0 heterocycles. The molecule has 0 saturated carbocycles. The molecule has 0 aliphatic heterocycles. The molecule has 1 nitrogen and oxygen atoms in total. The van der Waals surface area contributed by atoms with Crippen LogP contribution in [-0.4, -0.2) is 0 Å². The van der Waals surface area contributed by atoms with Gasteiger partial charge in [-0.3, -0.25) is 0 Å². The molecule has 12 rings (SSSR count). The molecule has 1 heteroatoms. The first-order chi connectivity index (χ1) is 32.1. The fourth-order valence-electron chi connectivity index (χ4n) is 10.5. The summed E-state index contributed by atoms with van der Waals surface area (Å²) in [5.41, 5.74) is 19.4. The van der Waals surface area contributed by atoms with Crippen LogP contribution in [0.25, 0.3) is 77.2 Å². The second kappa shape index (κ2) is 15.8. The summed E-state index contributed by atoms with van der Waals surface area (Å²) in [5, 5.41) is 5.04. The number of hydrogen-bond donors (Lipinski definition) is 0. The third-order valence-electron chi connectivity index (χ3n) is 13.8. The normalized spacial score (nSPS) is 14.0. The summed E-state index contributed by atoms with van der Waals surface area (Å²) < 4.78 is 0. The van der Waals surface area contributed by atoms with E-state index < -0.39 is 0 Å². The average molecular weight is 828 g/mol. The summed E-state index contributed by atoms with van der Waals surface area (Å²) in [7, 11) is 0. The van der Waals surface area contributed by atoms with Gasteiger partial charge >= 0.3 is 0 Å². The molecule has 1 aliphatic carbocycles. The van der Waals surface area contributed by atoms with Gasteiger partial charge in [0.05, 0.1) is 0 Å². The summed E-state index contributed by atoms with van der Waals surface area (Å²) in [5.74, 6) is 0. The minimum atomic E-state index is -0.247. The lowest BCUT2D eigenvalue weighted by atomic mass is 9.74. The minimum absolute atomic E-state index is 0.247. The van der Waals surface area contributed by atoms with E-state index in [2.05, 4.69) is 267 Å². The summed E-state index contributed by atoms with van der Waals surface area (Å²) >= 11 is 0. The monoisotopic (exact) mass is 827 g/mol. The topological polar surface area (TPSA) is 3.24 Å². The second-order valence-corrected chi connectivity index (χ2v) is 17.4. The van der Waals surface area contributed by atoms with E-state index >= 15 is 0 Å². The first kappa shape index (κ1) is 38.4. The molecule has 306 valence electrons. The minimum Gasteiger partial charge on any atom is -0.311 e. The highest BCUT2D eigenvalue weighted by atomic mass is 15.1. The lowest BCUT2D eigenvalue weighted by Gasteiger charge is -2.28. The van der Waals surface area contributed by atoms with Crippen molar-refractivity contribution in [2.75, 3.05) is 4.90 Å². The summed E-state index contributed by atoms with van der Waals surface area (Å²) in [6, 6.07) is 93.4. The molecule has 0 amide bonds. The number of benzene rings is 11. The van der Waals surface area contributed by atoms with Crippen molar-refractivity contribution in [3.8, 4) is 55.6 Å². The molecule has 11 aromatic rings. The Labute approximate surface area is 381 Å². The van der Waals surface area contributed by atoms with Gasteiger partial charge in [0.25, 0.3) is 0 Å². The number of hydrogen-bond acceptors (Lipinski definition) is 1. The molecule has 1 atom stereocenters. The standard InChI is InChI=1S/C64H45N/c1-64(51-18-3-2-4-19-51)61-26-10-9-22-60(61)63-59(25-13-27-62(63)64)50-36-42-54(43-37-50)65(53-40-34-49(35-41-53)58-24-12-17-47-15-6-8-21-56(47)58)52-38-32-45(33-39-52)44-28-30-48(31-29-44)57-23-11-16-46-14-5-7-20-55(46)57/h2-43H,1H3. The zero-order valence-corrected chi connectivity index (χ0v) is 36.2. The van der Waals surface area contributed by atoms with Crippen molar-refractivity contribution in [3.63, 3.8) is 0 Å². The Morgan fingerprint density at radius 1 is 0.277 bits per heavy atom. The first-order valence-electron chi connectivity index (χ1n) is 22.6. The fraction of sp³-hybridized carbons (Fsp3) is 0.0312. The van der Waals surface area contributed by atoms with E-state index in [1.54, 1.807) is 0 Å². The van der Waals surface area contributed by atoms with E-state index in [-0.39, 0.29) is 5.41 Å². The van der Waals surface area contributed by atoms with Gasteiger partial charge in [-0.25, -0.2) is 0 Å². The molecule has 1 aliphatic rings. The van der Waals surface area contributed by atoms with Gasteiger partial charge in [-0.15, -0.1) is 0 Å². The molecular formula is C64H45N. The third-order valence-corrected chi connectivity index (χ3v) is 13.8. The molecular weight excluding hydrogens is 783 g/mol. The van der Waals surface area contributed by atoms with Crippen molar-refractivity contribution < 1.29 is 0 Å². The highest BCUT2D eigenvalue weighted by molar-refractivity contribution is 5.99. The first-order valence-corrected chi connectivity index (χ1v) is 22.6. The molecule has 65 heavy (non-hydrogen) atoms. The van der Waals surface area contributed by atoms with Crippen LogP contribution >= 0.6 is 0 Å². The Morgan fingerprint density at radius 2 is 0.646 bits per heavy atom. The second-order valence-electron chi connectivity index (χ2n) is 17.4. The van der Waals surface area contributed by atoms with Crippen molar-refractivity contribution in [2.45, 2.75) is 12.3 Å². The van der Waals surface area contributed by atoms with E-state index in [1.165, 1.54) is 93.9 Å². The summed E-state index contributed by atoms with van der Waals surface area (Å²) in [6.07, 6.45) is 0. The van der Waals surface area contributed by atoms with E-state index in [9.17, 15) is 0 Å². The lowest BCUT2D eigenvalue weighted by molar-refractivity contribution is 0.714. The van der Waals surface area contributed by atoms with Crippen molar-refractivity contribution in [1.82, 2.24) is 0 Å². The van der Waals surface area contributed by atoms with Gasteiger partial charge in [0.2, 0.25) is 0 Å². The van der Waals surface area contributed by atoms with E-state index in [0.29, 0.717) is 0 Å². The number of rotatable bonds is 8. The van der Waals surface area contributed by atoms with Crippen molar-refractivity contribution >= 4 is 38.6 Å². The predicted octanol–water partition coefficient (Wildman–Crippen LogP) is 17.5. The third kappa shape index (κ3) is 6.55. The highest BCUT2D eigenvalue weighted by Crippen LogP contribution is 2.55. The summed E-state index contributed by atoms with van der Waals surface area (Å²) in [4.78, 5) is 2.38. The number of anilines is 3. The molecule has 0 aromatic heterocycles. The van der Waals surface area contributed by atoms with E-state index in [1.807, 2.05) is 0 Å². The predicted molar refractivity (Wildman–Crippen MR) is 275 cm³/mol. The average Bonchev–Trinajstić information content (AvgIpc) is 3.65. The van der Waals surface area contributed by atoms with Crippen LogP contribution in [0.5, 0.6) is 0 Å². The van der Waals surface area contributed by atoms with Crippen LogP contribution in [0.15, 0.2) is 255 Å². The van der Waals surface area contributed by atoms with Crippen molar-refractivity contribution in [1.29, 1.82) is 0 Å². The number of nitrogens with zero attached hydrogens (tertiary/aromatic N) is 1. The van der Waals surface area contributed by atoms with Crippen LogP contribution in [0.1, 0.15) is 23.6 Å². The smallest absolute Gasteiger partial charge is 0.0462 e. The Morgan fingerprint density at radius 3 is 1.22 bits per heavy atom. The van der Waals surface area contributed by atoms with Gasteiger partial charge in [0.1, 0.15) is 0 Å². The zero-order chi connectivity index (χ0) is 43.3. The molecule has 0 radical (unpaired) electrons. The molecule has 0 fully saturated rings. The fourth-order valence-corrected chi connectivity index (χ4v) is 10.5. The van der Waals surface area contributed by atoms with Crippen LogP contribution in [0, 0.1) is 0 Å². The van der Waals surface area contributed by atoms with Crippen LogP contribution in [-0.2, 0) is 5.41 Å². The molecule has 0 spiro atoms. The maximum atomic E-state index is 2.38. The van der Waals surface area contributed by atoms with E-state index in [0.717, 1.165) is 17.1 Å². The lowest BCUT2D eigenvalue weighted by Crippen LogP contribution is -2.22. The zero-order valence-electron chi connectivity index (χ0n) is 36.2. The quantitative estimate of drug-likeness (QED) is 0.147. The van der Waals surface area contributed by atoms with Gasteiger partial charge in [-0.1, -0.05) is 218 Å². The van der Waals surface area contributed by atoms with Crippen molar-refractivity contribution in [3.05, 3.63) is 271 Å². The Hall–Kier alpha value is -8.26. The van der Waals surface area contributed by atoms with Crippen molar-refractivity contribution in [2.24, 2.45) is 0 Å². The van der Waals surface area contributed by atoms with Gasteiger partial charge in [0.15, 0.2) is 0 Å². The molecule has 0 N–H and O–H groups in total. The Bertz CT molecular complexity index is 3500. The number of fused-ring (bicyclic) bond motifs is 5.